The number of carbonyl (C=O) groups excluding carboxylic acids is 1. The van der Waals surface area contributed by atoms with Crippen molar-refractivity contribution in [1.82, 2.24) is 4.90 Å². The van der Waals surface area contributed by atoms with Gasteiger partial charge in [-0.05, 0) is 43.2 Å². The summed E-state index contributed by atoms with van der Waals surface area (Å²) in [6.45, 7) is 5.52. The summed E-state index contributed by atoms with van der Waals surface area (Å²) in [5.74, 6) is 0.963. The number of nitrogens with zero attached hydrogens (tertiary/aromatic N) is 1. The van der Waals surface area contributed by atoms with Crippen LogP contribution in [-0.2, 0) is 0 Å². The fourth-order valence-electron chi connectivity index (χ4n) is 3.05. The Balaban J connectivity index is 1.61. The first kappa shape index (κ1) is 16.4. The van der Waals surface area contributed by atoms with Crippen molar-refractivity contribution in [3.8, 4) is 5.75 Å². The second kappa shape index (κ2) is 6.95. The van der Waals surface area contributed by atoms with E-state index in [1.54, 1.807) is 12.1 Å². The lowest BCUT2D eigenvalue weighted by Crippen LogP contribution is -2.42. The molecule has 1 heterocycles. The summed E-state index contributed by atoms with van der Waals surface area (Å²) in [6.07, 6.45) is 1.83. The molecule has 24 heavy (non-hydrogen) atoms. The molecular weight excluding hydrogens is 300 g/mol. The third kappa shape index (κ3) is 3.53. The fraction of sp³-hybridized carbons (Fsp3) is 0.350. The summed E-state index contributed by atoms with van der Waals surface area (Å²) >= 11 is 0. The van der Waals surface area contributed by atoms with Crippen molar-refractivity contribution in [1.29, 1.82) is 0 Å². The molecule has 3 rings (SSSR count). The van der Waals surface area contributed by atoms with Gasteiger partial charge in [0.15, 0.2) is 0 Å². The molecule has 2 aromatic carbocycles. The number of ether oxygens (including phenoxy) is 1. The minimum atomic E-state index is 0.0123. The molecule has 2 N–H and O–H groups in total. The van der Waals surface area contributed by atoms with Crippen LogP contribution in [0.15, 0.2) is 42.5 Å². The SMILES string of the molecule is Cc1ccc(C)c(OC2CCN(C(=O)c3ccccc3N)CC2)c1. The van der Waals surface area contributed by atoms with E-state index in [0.29, 0.717) is 24.3 Å². The fourth-order valence-corrected chi connectivity index (χ4v) is 3.05. The molecule has 0 bridgehead atoms. The minimum absolute atomic E-state index is 0.0123. The van der Waals surface area contributed by atoms with E-state index in [1.807, 2.05) is 17.0 Å². The van der Waals surface area contributed by atoms with Crippen LogP contribution in [0.5, 0.6) is 5.75 Å². The summed E-state index contributed by atoms with van der Waals surface area (Å²) in [6, 6.07) is 13.5. The smallest absolute Gasteiger partial charge is 0.255 e. The van der Waals surface area contributed by atoms with Crippen molar-refractivity contribution in [3.05, 3.63) is 59.2 Å². The van der Waals surface area contributed by atoms with Crippen molar-refractivity contribution in [2.75, 3.05) is 18.8 Å². The Labute approximate surface area is 143 Å². The van der Waals surface area contributed by atoms with Gasteiger partial charge in [0.2, 0.25) is 0 Å². The average molecular weight is 324 g/mol. The van der Waals surface area contributed by atoms with E-state index in [-0.39, 0.29) is 12.0 Å². The first-order chi connectivity index (χ1) is 11.5. The molecule has 1 saturated heterocycles. The Morgan fingerprint density at radius 2 is 1.83 bits per heavy atom. The largest absolute Gasteiger partial charge is 0.490 e. The van der Waals surface area contributed by atoms with Crippen molar-refractivity contribution < 1.29 is 9.53 Å². The van der Waals surface area contributed by atoms with Gasteiger partial charge < -0.3 is 15.4 Å². The lowest BCUT2D eigenvalue weighted by atomic mass is 10.0. The molecule has 0 spiro atoms. The number of carbonyl (C=O) groups is 1. The van der Waals surface area contributed by atoms with Crippen LogP contribution in [0.3, 0.4) is 0 Å². The number of para-hydroxylation sites is 1. The molecule has 4 heteroatoms. The Bertz CT molecular complexity index is 734. The molecule has 0 unspecified atom stereocenters. The molecule has 0 atom stereocenters. The third-order valence-corrected chi connectivity index (χ3v) is 4.56. The Hall–Kier alpha value is -2.49. The highest BCUT2D eigenvalue weighted by atomic mass is 16.5. The summed E-state index contributed by atoms with van der Waals surface area (Å²) < 4.78 is 6.16. The zero-order chi connectivity index (χ0) is 17.1. The standard InChI is InChI=1S/C20H24N2O2/c1-14-7-8-15(2)19(13-14)24-16-9-11-22(12-10-16)20(23)17-5-3-4-6-18(17)21/h3-8,13,16H,9-12,21H2,1-2H3. The third-order valence-electron chi connectivity index (χ3n) is 4.56. The lowest BCUT2D eigenvalue weighted by molar-refractivity contribution is 0.0595. The van der Waals surface area contributed by atoms with E-state index in [4.69, 9.17) is 10.5 Å². The maximum absolute atomic E-state index is 12.6. The topological polar surface area (TPSA) is 55.6 Å². The Morgan fingerprint density at radius 3 is 2.54 bits per heavy atom. The van der Waals surface area contributed by atoms with E-state index in [1.165, 1.54) is 5.56 Å². The van der Waals surface area contributed by atoms with Crippen LogP contribution >= 0.6 is 0 Å². The van der Waals surface area contributed by atoms with Gasteiger partial charge >= 0.3 is 0 Å². The van der Waals surface area contributed by atoms with Crippen molar-refractivity contribution in [2.24, 2.45) is 0 Å². The molecular formula is C20H24N2O2. The van der Waals surface area contributed by atoms with Gasteiger partial charge in [-0.2, -0.15) is 0 Å². The van der Waals surface area contributed by atoms with Gasteiger partial charge in [-0.1, -0.05) is 24.3 Å². The molecule has 0 radical (unpaired) electrons. The monoisotopic (exact) mass is 324 g/mol. The second-order valence-corrected chi connectivity index (χ2v) is 6.47. The molecule has 1 aliphatic heterocycles. The number of amides is 1. The van der Waals surface area contributed by atoms with E-state index in [0.717, 1.165) is 24.2 Å². The van der Waals surface area contributed by atoms with Crippen LogP contribution in [0.1, 0.15) is 34.3 Å². The van der Waals surface area contributed by atoms with Crippen LogP contribution in [0.4, 0.5) is 5.69 Å². The molecule has 1 fully saturated rings. The summed E-state index contributed by atoms with van der Waals surface area (Å²) in [7, 11) is 0. The number of rotatable bonds is 3. The molecule has 4 nitrogen and oxygen atoms in total. The van der Waals surface area contributed by atoms with Crippen LogP contribution < -0.4 is 10.5 Å². The number of likely N-dealkylation sites (tertiary alicyclic amines) is 1. The van der Waals surface area contributed by atoms with Crippen LogP contribution in [-0.4, -0.2) is 30.0 Å². The van der Waals surface area contributed by atoms with Crippen LogP contribution in [0.25, 0.3) is 0 Å². The average Bonchev–Trinajstić information content (AvgIpc) is 2.59. The lowest BCUT2D eigenvalue weighted by Gasteiger charge is -2.32. The Morgan fingerprint density at radius 1 is 1.12 bits per heavy atom. The highest BCUT2D eigenvalue weighted by molar-refractivity contribution is 5.99. The maximum atomic E-state index is 12.6. The highest BCUT2D eigenvalue weighted by Crippen LogP contribution is 2.25. The van der Waals surface area contributed by atoms with E-state index in [2.05, 4.69) is 32.0 Å². The number of hydrogen-bond acceptors (Lipinski definition) is 3. The molecule has 0 aromatic heterocycles. The van der Waals surface area contributed by atoms with Crippen molar-refractivity contribution in [3.63, 3.8) is 0 Å². The number of anilines is 1. The zero-order valence-electron chi connectivity index (χ0n) is 14.3. The van der Waals surface area contributed by atoms with Gasteiger partial charge in [0, 0.05) is 31.6 Å². The van der Waals surface area contributed by atoms with Gasteiger partial charge in [0.1, 0.15) is 11.9 Å². The zero-order valence-corrected chi connectivity index (χ0v) is 14.3. The maximum Gasteiger partial charge on any atom is 0.255 e. The summed E-state index contributed by atoms with van der Waals surface area (Å²) in [5, 5.41) is 0. The van der Waals surface area contributed by atoms with Crippen LogP contribution in [0.2, 0.25) is 0 Å². The molecule has 2 aromatic rings. The summed E-state index contributed by atoms with van der Waals surface area (Å²) in [5.41, 5.74) is 9.39. The van der Waals surface area contributed by atoms with Crippen molar-refractivity contribution >= 4 is 11.6 Å². The van der Waals surface area contributed by atoms with E-state index >= 15 is 0 Å². The minimum Gasteiger partial charge on any atom is -0.490 e. The van der Waals surface area contributed by atoms with Crippen molar-refractivity contribution in [2.45, 2.75) is 32.8 Å². The first-order valence-electron chi connectivity index (χ1n) is 8.42. The van der Waals surface area contributed by atoms with Gasteiger partial charge in [0.05, 0.1) is 5.56 Å². The van der Waals surface area contributed by atoms with Crippen LogP contribution in [0, 0.1) is 13.8 Å². The summed E-state index contributed by atoms with van der Waals surface area (Å²) in [4.78, 5) is 14.5. The predicted molar refractivity (Wildman–Crippen MR) is 96.3 cm³/mol. The normalized spacial score (nSPS) is 15.3. The second-order valence-electron chi connectivity index (χ2n) is 6.47. The number of piperidine rings is 1. The molecule has 1 aliphatic rings. The number of hydrogen-bond donors (Lipinski definition) is 1. The predicted octanol–water partition coefficient (Wildman–Crippen LogP) is 3.57. The number of nitrogen functional groups attached to an aromatic ring is 1. The number of benzene rings is 2. The van der Waals surface area contributed by atoms with Gasteiger partial charge in [-0.15, -0.1) is 0 Å². The quantitative estimate of drug-likeness (QED) is 0.878. The Kier molecular flexibility index (Phi) is 4.74. The van der Waals surface area contributed by atoms with Gasteiger partial charge in [-0.3, -0.25) is 4.79 Å². The first-order valence-corrected chi connectivity index (χ1v) is 8.42. The van der Waals surface area contributed by atoms with Gasteiger partial charge in [-0.25, -0.2) is 0 Å². The van der Waals surface area contributed by atoms with E-state index in [9.17, 15) is 4.79 Å². The number of aryl methyl sites for hydroxylation is 2. The molecule has 0 aliphatic carbocycles. The van der Waals surface area contributed by atoms with Gasteiger partial charge in [0.25, 0.3) is 5.91 Å². The van der Waals surface area contributed by atoms with E-state index < -0.39 is 0 Å². The molecule has 0 saturated carbocycles. The molecule has 126 valence electrons. The highest BCUT2D eigenvalue weighted by Gasteiger charge is 2.25. The molecule has 1 amide bonds. The number of nitrogens with two attached hydrogens (primary N) is 1.